The molecule has 2 N–H and O–H groups in total. The van der Waals surface area contributed by atoms with E-state index < -0.39 is 5.97 Å². The lowest BCUT2D eigenvalue weighted by Gasteiger charge is -2.12. The molecule has 23 heavy (non-hydrogen) atoms. The van der Waals surface area contributed by atoms with Gasteiger partial charge in [0.1, 0.15) is 19.5 Å². The van der Waals surface area contributed by atoms with E-state index in [-0.39, 0.29) is 18.9 Å². The molecule has 120 valence electrons. The molecule has 0 aliphatic carbocycles. The summed E-state index contributed by atoms with van der Waals surface area (Å²) in [7, 11) is 1.29. The van der Waals surface area contributed by atoms with Gasteiger partial charge in [-0.25, -0.2) is 4.79 Å². The normalized spacial score (nSPS) is 11.1. The lowest BCUT2D eigenvalue weighted by Crippen LogP contribution is -2.17. The van der Waals surface area contributed by atoms with Crippen LogP contribution in [-0.4, -0.2) is 29.0 Å². The largest absolute Gasteiger partial charge is 0.489 e. The van der Waals surface area contributed by atoms with Crippen molar-refractivity contribution in [3.8, 4) is 5.75 Å². The molecule has 6 nitrogen and oxygen atoms in total. The average molecular weight is 315 g/mol. The third-order valence-electron chi connectivity index (χ3n) is 3.18. The second-order valence-electron chi connectivity index (χ2n) is 4.64. The summed E-state index contributed by atoms with van der Waals surface area (Å²) in [4.78, 5) is 15.9. The maximum Gasteiger partial charge on any atom is 0.358 e. The van der Waals surface area contributed by atoms with Gasteiger partial charge in [-0.15, -0.1) is 0 Å². The molecular weight excluding hydrogens is 298 g/mol. The van der Waals surface area contributed by atoms with E-state index in [1.807, 2.05) is 0 Å². The van der Waals surface area contributed by atoms with E-state index >= 15 is 0 Å². The van der Waals surface area contributed by atoms with E-state index in [4.69, 9.17) is 4.74 Å². The Kier molecular flexibility index (Phi) is 5.71. The van der Waals surface area contributed by atoms with E-state index in [0.717, 1.165) is 0 Å². The molecule has 0 aliphatic rings. The first kappa shape index (κ1) is 16.5. The van der Waals surface area contributed by atoms with Crippen LogP contribution < -0.4 is 4.74 Å². The Labute approximate surface area is 133 Å². The molecule has 0 saturated heterocycles. The number of rotatable bonds is 7. The van der Waals surface area contributed by atoms with Gasteiger partial charge < -0.3 is 19.8 Å². The van der Waals surface area contributed by atoms with Crippen molar-refractivity contribution < 1.29 is 24.6 Å². The highest BCUT2D eigenvalue weighted by molar-refractivity contribution is 6.42. The van der Waals surface area contributed by atoms with Crippen molar-refractivity contribution in [1.82, 2.24) is 0 Å². The number of para-hydroxylation sites is 1. The molecule has 2 aromatic carbocycles. The SMILES string of the molecule is CO/N=C(\C(=O)O)c1ccccc1COc1ccccc1CO. The van der Waals surface area contributed by atoms with Gasteiger partial charge in [-0.2, -0.15) is 0 Å². The first-order valence-corrected chi connectivity index (χ1v) is 6.91. The first-order valence-electron chi connectivity index (χ1n) is 6.91. The molecule has 0 amide bonds. The summed E-state index contributed by atoms with van der Waals surface area (Å²) >= 11 is 0. The summed E-state index contributed by atoms with van der Waals surface area (Å²) in [5.74, 6) is -0.639. The summed E-state index contributed by atoms with van der Waals surface area (Å²) in [5.41, 5.74) is 1.54. The molecule has 0 radical (unpaired) electrons. The van der Waals surface area contributed by atoms with Crippen molar-refractivity contribution >= 4 is 11.7 Å². The Morgan fingerprint density at radius 1 is 1.09 bits per heavy atom. The van der Waals surface area contributed by atoms with Gasteiger partial charge in [0.05, 0.1) is 6.61 Å². The Morgan fingerprint density at radius 3 is 2.39 bits per heavy atom. The van der Waals surface area contributed by atoms with E-state index in [1.165, 1.54) is 7.11 Å². The summed E-state index contributed by atoms with van der Waals surface area (Å²) in [6.45, 7) is 0.00648. The van der Waals surface area contributed by atoms with Crippen LogP contribution in [0.1, 0.15) is 16.7 Å². The molecule has 0 atom stereocenters. The Balaban J connectivity index is 2.27. The fourth-order valence-electron chi connectivity index (χ4n) is 2.10. The van der Waals surface area contributed by atoms with Gasteiger partial charge in [0.2, 0.25) is 0 Å². The van der Waals surface area contributed by atoms with Crippen molar-refractivity contribution in [2.45, 2.75) is 13.2 Å². The maximum atomic E-state index is 11.3. The van der Waals surface area contributed by atoms with Crippen LogP contribution in [0.3, 0.4) is 0 Å². The number of aliphatic carboxylic acids is 1. The second kappa shape index (κ2) is 7.95. The van der Waals surface area contributed by atoms with Crippen molar-refractivity contribution in [3.05, 3.63) is 65.2 Å². The molecule has 0 aromatic heterocycles. The molecule has 0 spiro atoms. The number of ether oxygens (including phenoxy) is 1. The van der Waals surface area contributed by atoms with Crippen LogP contribution in [-0.2, 0) is 22.8 Å². The van der Waals surface area contributed by atoms with Crippen molar-refractivity contribution in [1.29, 1.82) is 0 Å². The number of aliphatic hydroxyl groups excluding tert-OH is 1. The standard InChI is InChI=1S/C17H17NO5/c1-22-18-16(17(20)21)14-8-4-2-7-13(14)11-23-15-9-5-3-6-12(15)10-19/h2-9,19H,10-11H2,1H3,(H,20,21)/b18-16-. The number of aliphatic hydroxyl groups is 1. The Hall–Kier alpha value is -2.86. The third-order valence-corrected chi connectivity index (χ3v) is 3.18. The number of carboxylic acid groups (broad SMARTS) is 1. The number of benzene rings is 2. The predicted octanol–water partition coefficient (Wildman–Crippen LogP) is 2.19. The molecule has 0 fully saturated rings. The highest BCUT2D eigenvalue weighted by atomic mass is 16.6. The van der Waals surface area contributed by atoms with Crippen LogP contribution in [0.5, 0.6) is 5.75 Å². The van der Waals surface area contributed by atoms with Gasteiger partial charge in [-0.1, -0.05) is 47.6 Å². The van der Waals surface area contributed by atoms with E-state index in [2.05, 4.69) is 9.99 Å². The number of hydrogen-bond donors (Lipinski definition) is 2. The number of oxime groups is 1. The number of carbonyl (C=O) groups is 1. The van der Waals surface area contributed by atoms with Gasteiger partial charge >= 0.3 is 5.97 Å². The van der Waals surface area contributed by atoms with Gasteiger partial charge in [0, 0.05) is 11.1 Å². The first-order chi connectivity index (χ1) is 11.2. The Bertz CT molecular complexity index is 712. The Morgan fingerprint density at radius 2 is 1.74 bits per heavy atom. The summed E-state index contributed by atoms with van der Waals surface area (Å²) in [6.07, 6.45) is 0. The smallest absolute Gasteiger partial charge is 0.358 e. The molecule has 0 saturated carbocycles. The summed E-state index contributed by atoms with van der Waals surface area (Å²) in [5, 5.41) is 22.1. The fourth-order valence-corrected chi connectivity index (χ4v) is 2.10. The lowest BCUT2D eigenvalue weighted by molar-refractivity contribution is -0.129. The molecule has 0 bridgehead atoms. The number of hydrogen-bond acceptors (Lipinski definition) is 5. The summed E-state index contributed by atoms with van der Waals surface area (Å²) in [6, 6.07) is 14.0. The number of carboxylic acids is 1. The van der Waals surface area contributed by atoms with Gasteiger partial charge in [-0.3, -0.25) is 0 Å². The molecule has 0 heterocycles. The average Bonchev–Trinajstić information content (AvgIpc) is 2.58. The molecule has 2 aromatic rings. The number of nitrogens with zero attached hydrogens (tertiary/aromatic N) is 1. The molecular formula is C17H17NO5. The van der Waals surface area contributed by atoms with Gasteiger partial charge in [0.15, 0.2) is 5.71 Å². The zero-order valence-corrected chi connectivity index (χ0v) is 12.6. The molecule has 2 rings (SSSR count). The van der Waals surface area contributed by atoms with Crippen molar-refractivity contribution in [3.63, 3.8) is 0 Å². The van der Waals surface area contributed by atoms with Gasteiger partial charge in [0.25, 0.3) is 0 Å². The van der Waals surface area contributed by atoms with E-state index in [9.17, 15) is 15.0 Å². The molecule has 0 aliphatic heterocycles. The van der Waals surface area contributed by atoms with Crippen molar-refractivity contribution in [2.75, 3.05) is 7.11 Å². The van der Waals surface area contributed by atoms with Crippen LogP contribution in [0, 0.1) is 0 Å². The van der Waals surface area contributed by atoms with Crippen LogP contribution in [0.15, 0.2) is 53.7 Å². The van der Waals surface area contributed by atoms with Crippen LogP contribution in [0.4, 0.5) is 0 Å². The second-order valence-corrected chi connectivity index (χ2v) is 4.64. The van der Waals surface area contributed by atoms with E-state index in [1.54, 1.807) is 48.5 Å². The zero-order chi connectivity index (χ0) is 16.7. The summed E-state index contributed by atoms with van der Waals surface area (Å²) < 4.78 is 5.71. The van der Waals surface area contributed by atoms with Crippen LogP contribution in [0.2, 0.25) is 0 Å². The highest BCUT2D eigenvalue weighted by Crippen LogP contribution is 2.20. The van der Waals surface area contributed by atoms with Gasteiger partial charge in [-0.05, 0) is 11.6 Å². The monoisotopic (exact) mass is 315 g/mol. The predicted molar refractivity (Wildman–Crippen MR) is 84.3 cm³/mol. The molecule has 6 heteroatoms. The van der Waals surface area contributed by atoms with E-state index in [0.29, 0.717) is 22.4 Å². The fraction of sp³-hybridized carbons (Fsp3) is 0.176. The topological polar surface area (TPSA) is 88.4 Å². The minimum absolute atomic E-state index is 0.136. The lowest BCUT2D eigenvalue weighted by atomic mass is 10.0. The van der Waals surface area contributed by atoms with Crippen LogP contribution >= 0.6 is 0 Å². The quantitative estimate of drug-likeness (QED) is 0.604. The van der Waals surface area contributed by atoms with Crippen molar-refractivity contribution in [2.24, 2.45) is 5.16 Å². The minimum Gasteiger partial charge on any atom is -0.489 e. The molecule has 0 unspecified atom stereocenters. The van der Waals surface area contributed by atoms with Crippen LogP contribution in [0.25, 0.3) is 0 Å². The third kappa shape index (κ3) is 4.08. The maximum absolute atomic E-state index is 11.3. The highest BCUT2D eigenvalue weighted by Gasteiger charge is 2.17. The zero-order valence-electron chi connectivity index (χ0n) is 12.6. The minimum atomic E-state index is -1.19.